The third-order valence-corrected chi connectivity index (χ3v) is 4.69. The Hall–Kier alpha value is -1.85. The van der Waals surface area contributed by atoms with E-state index in [2.05, 4.69) is 5.32 Å². The Morgan fingerprint density at radius 1 is 1.27 bits per heavy atom. The number of hydrogen-bond donors (Lipinski definition) is 4. The fraction of sp³-hybridized carbons (Fsp3) is 0.429. The molecule has 122 valence electrons. The van der Waals surface area contributed by atoms with E-state index in [1.807, 2.05) is 19.1 Å². The van der Waals surface area contributed by atoms with Crippen LogP contribution in [0, 0.1) is 12.8 Å². The average molecular weight is 329 g/mol. The topological polar surface area (TPSA) is 124 Å². The number of carboxylic acids is 2. The average Bonchev–Trinajstić information content (AvgIpc) is 2.42. The molecule has 0 amide bonds. The smallest absolute Gasteiger partial charge is 0.307 e. The van der Waals surface area contributed by atoms with Crippen molar-refractivity contribution in [1.82, 2.24) is 0 Å². The second kappa shape index (κ2) is 8.56. The lowest BCUT2D eigenvalue weighted by Crippen LogP contribution is -2.32. The molecule has 0 heterocycles. The summed E-state index contributed by atoms with van der Waals surface area (Å²) in [6.45, 7) is 1.86. The second-order valence-electron chi connectivity index (χ2n) is 5.02. The number of hydrogen-bond acceptors (Lipinski definition) is 4. The molecular weight excluding hydrogens is 309 g/mol. The molecule has 0 saturated carbocycles. The maximum Gasteiger partial charge on any atom is 0.307 e. The Kier molecular flexibility index (Phi) is 7.08. The zero-order chi connectivity index (χ0) is 16.7. The number of aryl methyl sites for hydroxylation is 1. The zero-order valence-electron chi connectivity index (χ0n) is 12.2. The van der Waals surface area contributed by atoms with Crippen LogP contribution < -0.4 is 5.32 Å². The summed E-state index contributed by atoms with van der Waals surface area (Å²) in [6, 6.07) is 7.29. The number of para-hydroxylation sites is 1. The minimum Gasteiger partial charge on any atom is -0.481 e. The van der Waals surface area contributed by atoms with Crippen LogP contribution in [0.3, 0.4) is 0 Å². The molecule has 0 fully saturated rings. The molecule has 0 spiro atoms. The molecule has 0 aliphatic rings. The van der Waals surface area contributed by atoms with E-state index in [1.165, 1.54) is 0 Å². The maximum absolute atomic E-state index is 11.5. The van der Waals surface area contributed by atoms with Gasteiger partial charge in [0.1, 0.15) is 0 Å². The lowest BCUT2D eigenvalue weighted by molar-refractivity contribution is -0.142. The van der Waals surface area contributed by atoms with Gasteiger partial charge in [0.05, 0.1) is 11.6 Å². The van der Waals surface area contributed by atoms with E-state index in [4.69, 9.17) is 5.11 Å². The van der Waals surface area contributed by atoms with Crippen molar-refractivity contribution in [3.63, 3.8) is 0 Å². The van der Waals surface area contributed by atoms with E-state index in [1.54, 1.807) is 12.1 Å². The van der Waals surface area contributed by atoms with Gasteiger partial charge in [-0.15, -0.1) is 0 Å². The highest BCUT2D eigenvalue weighted by molar-refractivity contribution is 7.39. The van der Waals surface area contributed by atoms with Gasteiger partial charge in [-0.1, -0.05) is 18.2 Å². The van der Waals surface area contributed by atoms with Crippen LogP contribution in [0.25, 0.3) is 0 Å². The number of carbonyl (C=O) groups is 2. The number of benzene rings is 1. The molecular formula is C14H20NO6P. The first-order valence-corrected chi connectivity index (χ1v) is 8.23. The van der Waals surface area contributed by atoms with Gasteiger partial charge in [-0.25, -0.2) is 0 Å². The molecule has 0 aliphatic carbocycles. The van der Waals surface area contributed by atoms with Crippen molar-refractivity contribution in [2.75, 3.05) is 11.9 Å². The molecule has 8 heteroatoms. The molecule has 0 aliphatic heterocycles. The van der Waals surface area contributed by atoms with Crippen LogP contribution in [0.1, 0.15) is 18.4 Å². The summed E-state index contributed by atoms with van der Waals surface area (Å²) in [5.74, 6) is -3.57. The van der Waals surface area contributed by atoms with Gasteiger partial charge < -0.3 is 20.4 Å². The van der Waals surface area contributed by atoms with E-state index < -0.39 is 31.5 Å². The molecule has 22 heavy (non-hydrogen) atoms. The molecule has 0 bridgehead atoms. The van der Waals surface area contributed by atoms with Crippen LogP contribution in [-0.4, -0.2) is 39.2 Å². The predicted molar refractivity (Wildman–Crippen MR) is 82.7 cm³/mol. The molecule has 3 unspecified atom stereocenters. The lowest BCUT2D eigenvalue weighted by Gasteiger charge is -2.22. The van der Waals surface area contributed by atoms with E-state index >= 15 is 0 Å². The fourth-order valence-electron chi connectivity index (χ4n) is 2.17. The molecule has 0 aromatic heterocycles. The molecule has 4 N–H and O–H groups in total. The second-order valence-corrected chi connectivity index (χ2v) is 6.44. The Morgan fingerprint density at radius 2 is 1.91 bits per heavy atom. The summed E-state index contributed by atoms with van der Waals surface area (Å²) < 4.78 is 11.5. The summed E-state index contributed by atoms with van der Waals surface area (Å²) in [5, 5.41) is 20.8. The summed E-state index contributed by atoms with van der Waals surface area (Å²) in [4.78, 5) is 31.3. The Labute approximate surface area is 128 Å². The van der Waals surface area contributed by atoms with Crippen molar-refractivity contribution in [2.45, 2.75) is 25.4 Å². The monoisotopic (exact) mass is 329 g/mol. The van der Waals surface area contributed by atoms with Gasteiger partial charge in [-0.05, 0) is 25.0 Å². The predicted octanol–water partition coefficient (Wildman–Crippen LogP) is 1.81. The Morgan fingerprint density at radius 3 is 2.41 bits per heavy atom. The Balaban J connectivity index is 2.82. The van der Waals surface area contributed by atoms with Gasteiger partial charge in [0.2, 0.25) is 0 Å². The highest BCUT2D eigenvalue weighted by Crippen LogP contribution is 2.32. The summed E-state index contributed by atoms with van der Waals surface area (Å²) in [6.07, 6.45) is -0.533. The van der Waals surface area contributed by atoms with Crippen molar-refractivity contribution < 1.29 is 29.3 Å². The molecule has 1 aromatic rings. The van der Waals surface area contributed by atoms with Gasteiger partial charge >= 0.3 is 11.9 Å². The van der Waals surface area contributed by atoms with Crippen LogP contribution in [0.5, 0.6) is 0 Å². The SMILES string of the molecule is Cc1ccccc1NCC(C(CCC(=O)O)C(=O)O)[PH](=O)O. The van der Waals surface area contributed by atoms with Crippen molar-refractivity contribution >= 4 is 25.7 Å². The molecule has 0 saturated heterocycles. The van der Waals surface area contributed by atoms with Crippen LogP contribution in [0.15, 0.2) is 24.3 Å². The molecule has 7 nitrogen and oxygen atoms in total. The third-order valence-electron chi connectivity index (χ3n) is 3.45. The summed E-state index contributed by atoms with van der Waals surface area (Å²) >= 11 is 0. The number of aliphatic carboxylic acids is 2. The van der Waals surface area contributed by atoms with E-state index in [9.17, 15) is 24.2 Å². The Bertz CT molecular complexity index is 562. The van der Waals surface area contributed by atoms with Gasteiger partial charge in [0, 0.05) is 18.7 Å². The number of anilines is 1. The van der Waals surface area contributed by atoms with Crippen molar-refractivity contribution in [3.05, 3.63) is 29.8 Å². The van der Waals surface area contributed by atoms with Gasteiger partial charge in [-0.2, -0.15) is 0 Å². The molecule has 1 rings (SSSR count). The van der Waals surface area contributed by atoms with Crippen molar-refractivity contribution in [2.24, 2.45) is 5.92 Å². The first-order valence-electron chi connectivity index (χ1n) is 6.79. The van der Waals surface area contributed by atoms with E-state index in [0.717, 1.165) is 11.3 Å². The molecule has 1 aromatic carbocycles. The highest BCUT2D eigenvalue weighted by atomic mass is 31.1. The summed E-state index contributed by atoms with van der Waals surface area (Å²) in [5.41, 5.74) is 0.649. The summed E-state index contributed by atoms with van der Waals surface area (Å²) in [7, 11) is -3.13. The first-order chi connectivity index (χ1) is 10.3. The quantitative estimate of drug-likeness (QED) is 0.509. The van der Waals surface area contributed by atoms with Crippen molar-refractivity contribution in [1.29, 1.82) is 0 Å². The minimum atomic E-state index is -3.13. The number of rotatable bonds is 9. The van der Waals surface area contributed by atoms with Crippen LogP contribution in [0.4, 0.5) is 5.69 Å². The third kappa shape index (κ3) is 5.50. The minimum absolute atomic E-state index is 0.00423. The standard InChI is InChI=1S/C14H20NO6P/c1-9-4-2-3-5-11(9)15-8-12(22(20)21)10(14(18)19)6-7-13(16)17/h2-5,10,12,15,22H,6-8H2,1H3,(H,16,17)(H,18,19)(H,20,21). The number of nitrogens with one attached hydrogen (secondary N) is 1. The normalized spacial score (nSPS) is 14.8. The number of carboxylic acid groups (broad SMARTS) is 2. The van der Waals surface area contributed by atoms with Gasteiger partial charge in [0.25, 0.3) is 0 Å². The van der Waals surface area contributed by atoms with Crippen LogP contribution >= 0.6 is 8.03 Å². The first kappa shape index (κ1) is 18.2. The largest absolute Gasteiger partial charge is 0.481 e. The zero-order valence-corrected chi connectivity index (χ0v) is 13.2. The lowest BCUT2D eigenvalue weighted by atomic mass is 9.99. The van der Waals surface area contributed by atoms with Crippen LogP contribution in [0.2, 0.25) is 0 Å². The maximum atomic E-state index is 11.5. The van der Waals surface area contributed by atoms with Crippen LogP contribution in [-0.2, 0) is 14.2 Å². The van der Waals surface area contributed by atoms with E-state index in [0.29, 0.717) is 0 Å². The molecule has 3 atom stereocenters. The molecule has 0 radical (unpaired) electrons. The van der Waals surface area contributed by atoms with Gasteiger partial charge in [0.15, 0.2) is 8.03 Å². The van der Waals surface area contributed by atoms with Gasteiger partial charge in [-0.3, -0.25) is 14.2 Å². The highest BCUT2D eigenvalue weighted by Gasteiger charge is 2.32. The van der Waals surface area contributed by atoms with E-state index in [-0.39, 0.29) is 19.4 Å². The fourth-order valence-corrected chi connectivity index (χ4v) is 3.10. The van der Waals surface area contributed by atoms with Crippen molar-refractivity contribution in [3.8, 4) is 0 Å².